The van der Waals surface area contributed by atoms with Crippen molar-refractivity contribution in [3.05, 3.63) is 71.3 Å². The molecule has 7 heteroatoms. The number of allylic oxidation sites excluding steroid dienone is 1. The van der Waals surface area contributed by atoms with Gasteiger partial charge in [-0.15, -0.1) is 0 Å². The minimum absolute atomic E-state index is 0.143. The van der Waals surface area contributed by atoms with Crippen LogP contribution in [0.5, 0.6) is 0 Å². The summed E-state index contributed by atoms with van der Waals surface area (Å²) in [6.07, 6.45) is 18.3. The van der Waals surface area contributed by atoms with Crippen molar-refractivity contribution < 1.29 is 29.0 Å². The number of amides is 1. The van der Waals surface area contributed by atoms with Gasteiger partial charge in [0.05, 0.1) is 5.60 Å². The number of rotatable bonds is 16. The molecule has 0 aromatic heterocycles. The van der Waals surface area contributed by atoms with Gasteiger partial charge >= 0.3 is 11.9 Å². The number of hydrogen-bond acceptors (Lipinski definition) is 6. The van der Waals surface area contributed by atoms with Crippen LogP contribution < -0.4 is 5.32 Å². The van der Waals surface area contributed by atoms with E-state index < -0.39 is 29.1 Å². The van der Waals surface area contributed by atoms with Crippen molar-refractivity contribution in [1.29, 1.82) is 0 Å². The monoisotopic (exact) mass is 703 g/mol. The molecule has 7 nitrogen and oxygen atoms in total. The highest BCUT2D eigenvalue weighted by atomic mass is 16.6. The van der Waals surface area contributed by atoms with E-state index in [9.17, 15) is 14.7 Å². The zero-order chi connectivity index (χ0) is 37.0. The number of esters is 2. The first-order valence-corrected chi connectivity index (χ1v) is 19.9. The lowest BCUT2D eigenvalue weighted by Gasteiger charge is -2.50. The highest BCUT2D eigenvalue weighted by molar-refractivity contribution is 5.90. The minimum atomic E-state index is -1.32. The lowest BCUT2D eigenvalue weighted by molar-refractivity contribution is -0.170. The first-order chi connectivity index (χ1) is 24.4. The van der Waals surface area contributed by atoms with Gasteiger partial charge in [-0.1, -0.05) is 126 Å². The molecule has 0 unspecified atom stereocenters. The summed E-state index contributed by atoms with van der Waals surface area (Å²) in [5.41, 5.74) is 0.520. The third-order valence-electron chi connectivity index (χ3n) is 11.5. The third-order valence-corrected chi connectivity index (χ3v) is 11.5. The summed E-state index contributed by atoms with van der Waals surface area (Å²) in [6.45, 7) is 12.3. The van der Waals surface area contributed by atoms with Gasteiger partial charge in [0.1, 0.15) is 17.6 Å². The van der Waals surface area contributed by atoms with Crippen molar-refractivity contribution in [2.24, 2.45) is 23.2 Å². The smallest absolute Gasteiger partial charge is 0.306 e. The van der Waals surface area contributed by atoms with E-state index >= 15 is 4.79 Å². The summed E-state index contributed by atoms with van der Waals surface area (Å²) in [5.74, 6) is -1.66. The van der Waals surface area contributed by atoms with Gasteiger partial charge in [-0.05, 0) is 76.0 Å². The van der Waals surface area contributed by atoms with Gasteiger partial charge in [-0.25, -0.2) is 0 Å². The predicted octanol–water partition coefficient (Wildman–Crippen LogP) is 9.13. The number of carbonyl (C=O) groups is 3. The largest absolute Gasteiger partial charge is 0.457 e. The molecule has 8 atom stereocenters. The van der Waals surface area contributed by atoms with E-state index in [1.165, 1.54) is 0 Å². The van der Waals surface area contributed by atoms with Crippen molar-refractivity contribution in [3.63, 3.8) is 0 Å². The molecule has 0 saturated carbocycles. The molecule has 2 aliphatic carbocycles. The Morgan fingerprint density at radius 3 is 2.10 bits per heavy atom. The highest BCUT2D eigenvalue weighted by Crippen LogP contribution is 2.58. The average molecular weight is 704 g/mol. The molecule has 4 rings (SSSR count). The van der Waals surface area contributed by atoms with Crippen LogP contribution in [0, 0.1) is 23.2 Å². The normalized spacial score (nSPS) is 31.9. The second kappa shape index (κ2) is 19.0. The van der Waals surface area contributed by atoms with E-state index in [1.807, 2.05) is 32.0 Å². The molecule has 1 spiro atoms. The van der Waals surface area contributed by atoms with Gasteiger partial charge < -0.3 is 19.9 Å². The second-order valence-corrected chi connectivity index (χ2v) is 15.9. The van der Waals surface area contributed by atoms with E-state index in [4.69, 9.17) is 9.47 Å². The molecule has 1 aliphatic heterocycles. The van der Waals surface area contributed by atoms with Crippen LogP contribution in [0.4, 0.5) is 0 Å². The average Bonchev–Trinajstić information content (AvgIpc) is 3.37. The molecule has 1 saturated heterocycles. The van der Waals surface area contributed by atoms with Crippen molar-refractivity contribution in [2.75, 3.05) is 0 Å². The molecule has 1 fully saturated rings. The van der Waals surface area contributed by atoms with Gasteiger partial charge in [0, 0.05) is 30.7 Å². The quantitative estimate of drug-likeness (QED) is 0.101. The lowest BCUT2D eigenvalue weighted by Crippen LogP contribution is -2.58. The zero-order valence-electron chi connectivity index (χ0n) is 32.3. The van der Waals surface area contributed by atoms with Crippen LogP contribution in [0.1, 0.15) is 137 Å². The van der Waals surface area contributed by atoms with Crippen molar-refractivity contribution in [2.45, 2.75) is 162 Å². The molecular formula is C44H65NO6. The number of nitrogens with one attached hydrogen (secondary N) is 1. The SMILES string of the molecule is CCCCCCCC(=O)O[C@@H]1C(C)=C(C)[C@H]2[C@H](Cc3ccccc3)NC(=O)[C@]23[C@H](OC(=O)CCCCCCC)/C=C/[C@](C)(O)C[C@@H](C)C/C=C/[C@@H]13. The number of unbranched alkanes of at least 4 members (excludes halogenated alkanes) is 8. The van der Waals surface area contributed by atoms with Crippen molar-refractivity contribution >= 4 is 17.8 Å². The Balaban J connectivity index is 1.84. The Bertz CT molecular complexity index is 1400. The molecule has 0 bridgehead atoms. The minimum Gasteiger partial charge on any atom is -0.457 e. The van der Waals surface area contributed by atoms with Crippen molar-refractivity contribution in [3.8, 4) is 0 Å². The Hall–Kier alpha value is -3.19. The highest BCUT2D eigenvalue weighted by Gasteiger charge is 2.68. The molecule has 1 aromatic rings. The maximum absolute atomic E-state index is 15.0. The fourth-order valence-electron chi connectivity index (χ4n) is 8.87. The molecule has 51 heavy (non-hydrogen) atoms. The van der Waals surface area contributed by atoms with Crippen LogP contribution >= 0.6 is 0 Å². The molecule has 2 N–H and O–H groups in total. The summed E-state index contributed by atoms with van der Waals surface area (Å²) in [7, 11) is 0. The van der Waals surface area contributed by atoms with E-state index in [0.717, 1.165) is 74.5 Å². The lowest BCUT2D eigenvalue weighted by atomic mass is 9.54. The van der Waals surface area contributed by atoms with E-state index in [1.54, 1.807) is 19.1 Å². The number of benzene rings is 1. The summed E-state index contributed by atoms with van der Waals surface area (Å²) < 4.78 is 12.9. The summed E-state index contributed by atoms with van der Waals surface area (Å²) in [4.78, 5) is 42.3. The maximum Gasteiger partial charge on any atom is 0.306 e. The number of aliphatic hydroxyl groups is 1. The Morgan fingerprint density at radius 2 is 1.47 bits per heavy atom. The van der Waals surface area contributed by atoms with Gasteiger partial charge in [0.15, 0.2) is 0 Å². The summed E-state index contributed by atoms with van der Waals surface area (Å²) in [6, 6.07) is 9.85. The molecule has 1 amide bonds. The molecule has 3 aliphatic rings. The summed E-state index contributed by atoms with van der Waals surface area (Å²) in [5, 5.41) is 14.9. The van der Waals surface area contributed by atoms with Crippen LogP contribution in [-0.4, -0.2) is 46.8 Å². The maximum atomic E-state index is 15.0. The fourth-order valence-corrected chi connectivity index (χ4v) is 8.87. The number of ether oxygens (including phenoxy) is 2. The van der Waals surface area contributed by atoms with Gasteiger partial charge in [-0.3, -0.25) is 14.4 Å². The van der Waals surface area contributed by atoms with Gasteiger partial charge in [0.2, 0.25) is 5.91 Å². The van der Waals surface area contributed by atoms with Crippen LogP contribution in [0.2, 0.25) is 0 Å². The van der Waals surface area contributed by atoms with E-state index in [-0.39, 0.29) is 42.1 Å². The van der Waals surface area contributed by atoms with Crippen LogP contribution in [-0.2, 0) is 30.3 Å². The number of hydrogen-bond donors (Lipinski definition) is 2. The van der Waals surface area contributed by atoms with Crippen molar-refractivity contribution in [1.82, 2.24) is 5.32 Å². The predicted molar refractivity (Wildman–Crippen MR) is 204 cm³/mol. The van der Waals surface area contributed by atoms with Gasteiger partial charge in [-0.2, -0.15) is 0 Å². The Morgan fingerprint density at radius 1 is 0.863 bits per heavy atom. The first kappa shape index (κ1) is 40.6. The fraction of sp³-hybridized carbons (Fsp3) is 0.659. The van der Waals surface area contributed by atoms with Gasteiger partial charge in [0.25, 0.3) is 0 Å². The topological polar surface area (TPSA) is 102 Å². The second-order valence-electron chi connectivity index (χ2n) is 15.9. The molecule has 0 radical (unpaired) electrons. The van der Waals surface area contributed by atoms with Crippen LogP contribution in [0.3, 0.4) is 0 Å². The van der Waals surface area contributed by atoms with Crippen LogP contribution in [0.15, 0.2) is 65.8 Å². The molecule has 1 aromatic carbocycles. The first-order valence-electron chi connectivity index (χ1n) is 19.9. The summed E-state index contributed by atoms with van der Waals surface area (Å²) >= 11 is 0. The standard InChI is InChI=1S/C44H65NO6/c1-7-9-11-13-18-25-38(46)50-37-27-28-43(6,49)30-31(3)21-20-24-35-41(51-39(47)26-19-14-12-10-8-2)33(5)32(4)40-36(45-42(48)44(35,37)40)29-34-22-16-15-17-23-34/h15-17,20,22-24,27-28,31,35-37,40-41,49H,7-14,18-19,21,25-26,29-30H2,1-6H3,(H,45,48)/b24-20+,28-27+/t31-,35-,36-,37+,40-,41+,43-,44+/m0/s1. The third kappa shape index (κ3) is 10.2. The van der Waals surface area contributed by atoms with E-state index in [2.05, 4.69) is 50.4 Å². The Labute approximate surface area is 307 Å². The molecule has 282 valence electrons. The zero-order valence-corrected chi connectivity index (χ0v) is 32.3. The Kier molecular flexibility index (Phi) is 15.2. The number of carbonyl (C=O) groups excluding carboxylic acids is 3. The molecular weight excluding hydrogens is 638 g/mol. The van der Waals surface area contributed by atoms with Crippen LogP contribution in [0.25, 0.3) is 0 Å². The molecule has 1 heterocycles. The van der Waals surface area contributed by atoms with E-state index in [0.29, 0.717) is 32.1 Å².